The van der Waals surface area contributed by atoms with Gasteiger partial charge >= 0.3 is 0 Å². The number of nitriles is 1. The number of nitrogens with zero attached hydrogens (tertiary/aromatic N) is 2. The van der Waals surface area contributed by atoms with Crippen LogP contribution in [0.15, 0.2) is 36.5 Å². The molecule has 0 atom stereocenters. The molecule has 0 aliphatic carbocycles. The van der Waals surface area contributed by atoms with E-state index in [1.165, 1.54) is 29.9 Å². The second-order valence-electron chi connectivity index (χ2n) is 4.29. The molecule has 1 heterocycles. The van der Waals surface area contributed by atoms with Crippen LogP contribution in [0.5, 0.6) is 0 Å². The van der Waals surface area contributed by atoms with E-state index in [0.29, 0.717) is 18.8 Å². The lowest BCUT2D eigenvalue weighted by molar-refractivity contribution is 0.0930. The van der Waals surface area contributed by atoms with E-state index < -0.39 is 11.7 Å². The van der Waals surface area contributed by atoms with Crippen LogP contribution >= 0.6 is 0 Å². The lowest BCUT2D eigenvalue weighted by Crippen LogP contribution is -2.29. The number of nitrogens with one attached hydrogen (secondary N) is 1. The number of benzene rings is 1. The molecule has 0 saturated heterocycles. The van der Waals surface area contributed by atoms with E-state index >= 15 is 0 Å². The molecular weight excluding hydrogens is 273 g/mol. The average molecular weight is 287 g/mol. The van der Waals surface area contributed by atoms with Crippen LogP contribution in [0.3, 0.4) is 0 Å². The molecule has 2 aromatic rings. The fourth-order valence-electron chi connectivity index (χ4n) is 1.95. The molecule has 0 fully saturated rings. The Balaban J connectivity index is 2.38. The number of ether oxygens (including phenoxy) is 1. The first-order valence-electron chi connectivity index (χ1n) is 6.32. The van der Waals surface area contributed by atoms with Gasteiger partial charge in [0.1, 0.15) is 17.6 Å². The Morgan fingerprint density at radius 1 is 1.48 bits per heavy atom. The minimum Gasteiger partial charge on any atom is -0.383 e. The average Bonchev–Trinajstić information content (AvgIpc) is 2.91. The minimum absolute atomic E-state index is 0.180. The van der Waals surface area contributed by atoms with Crippen molar-refractivity contribution in [3.63, 3.8) is 0 Å². The van der Waals surface area contributed by atoms with Gasteiger partial charge in [-0.2, -0.15) is 5.26 Å². The second kappa shape index (κ2) is 6.68. The van der Waals surface area contributed by atoms with Crippen LogP contribution in [-0.2, 0) is 4.74 Å². The van der Waals surface area contributed by atoms with E-state index in [4.69, 9.17) is 10.00 Å². The third-order valence-electron chi connectivity index (χ3n) is 2.90. The largest absolute Gasteiger partial charge is 0.383 e. The van der Waals surface area contributed by atoms with Crippen LogP contribution in [-0.4, -0.2) is 30.7 Å². The minimum atomic E-state index is -0.412. The number of carbonyl (C=O) groups excluding carboxylic acids is 1. The normalized spacial score (nSPS) is 10.1. The molecule has 0 aliphatic heterocycles. The highest BCUT2D eigenvalue weighted by Gasteiger charge is 2.18. The Bertz CT molecular complexity index is 688. The fourth-order valence-corrected chi connectivity index (χ4v) is 1.95. The monoisotopic (exact) mass is 287 g/mol. The van der Waals surface area contributed by atoms with Crippen molar-refractivity contribution in [2.24, 2.45) is 0 Å². The van der Waals surface area contributed by atoms with Crippen molar-refractivity contribution in [1.29, 1.82) is 5.26 Å². The maximum Gasteiger partial charge on any atom is 0.269 e. The van der Waals surface area contributed by atoms with E-state index in [1.807, 2.05) is 6.07 Å². The van der Waals surface area contributed by atoms with E-state index in [9.17, 15) is 9.18 Å². The predicted molar refractivity (Wildman–Crippen MR) is 74.7 cm³/mol. The van der Waals surface area contributed by atoms with Gasteiger partial charge in [0.05, 0.1) is 12.2 Å². The summed E-state index contributed by atoms with van der Waals surface area (Å²) in [6, 6.07) is 9.31. The van der Waals surface area contributed by atoms with E-state index in [2.05, 4.69) is 5.32 Å². The molecule has 5 nitrogen and oxygen atoms in total. The molecule has 0 saturated carbocycles. The summed E-state index contributed by atoms with van der Waals surface area (Å²) in [5.74, 6) is -0.816. The van der Waals surface area contributed by atoms with Gasteiger partial charge < -0.3 is 14.6 Å². The van der Waals surface area contributed by atoms with Crippen molar-refractivity contribution in [3.05, 3.63) is 53.6 Å². The van der Waals surface area contributed by atoms with E-state index in [0.717, 1.165) is 0 Å². The molecular formula is C15H14FN3O2. The molecule has 2 rings (SSSR count). The number of amides is 1. The highest BCUT2D eigenvalue weighted by molar-refractivity contribution is 5.95. The first-order valence-corrected chi connectivity index (χ1v) is 6.32. The Hall–Kier alpha value is -2.65. The number of aromatic nitrogens is 1. The summed E-state index contributed by atoms with van der Waals surface area (Å²) < 4.78 is 19.7. The molecule has 6 heteroatoms. The zero-order valence-electron chi connectivity index (χ0n) is 11.5. The summed E-state index contributed by atoms with van der Waals surface area (Å²) in [5.41, 5.74) is 0.891. The number of methoxy groups -OCH3 is 1. The summed E-state index contributed by atoms with van der Waals surface area (Å²) in [6.07, 6.45) is 1.57. The number of rotatable bonds is 5. The van der Waals surface area contributed by atoms with Crippen LogP contribution in [0.2, 0.25) is 0 Å². The molecule has 0 bridgehead atoms. The van der Waals surface area contributed by atoms with Gasteiger partial charge in [0.2, 0.25) is 0 Å². The summed E-state index contributed by atoms with van der Waals surface area (Å²) in [7, 11) is 1.53. The standard InChI is InChI=1S/C15H14FN3O2/c1-21-8-6-18-15(20)14-11(10-17)5-7-19(14)13-4-2-3-12(16)9-13/h2-5,7,9H,6,8H2,1H3,(H,18,20). The van der Waals surface area contributed by atoms with Gasteiger partial charge in [0.15, 0.2) is 0 Å². The first kappa shape index (κ1) is 14.8. The fraction of sp³-hybridized carbons (Fsp3) is 0.200. The third-order valence-corrected chi connectivity index (χ3v) is 2.90. The van der Waals surface area contributed by atoms with Gasteiger partial charge in [-0.1, -0.05) is 6.07 Å². The lowest BCUT2D eigenvalue weighted by Gasteiger charge is -2.10. The number of halogens is 1. The maximum absolute atomic E-state index is 13.3. The van der Waals surface area contributed by atoms with Gasteiger partial charge in [0, 0.05) is 25.5 Å². The van der Waals surface area contributed by atoms with Gasteiger partial charge in [0.25, 0.3) is 5.91 Å². The molecule has 21 heavy (non-hydrogen) atoms. The van der Waals surface area contributed by atoms with Crippen LogP contribution < -0.4 is 5.32 Å². The van der Waals surface area contributed by atoms with Gasteiger partial charge in [-0.15, -0.1) is 0 Å². The molecule has 0 unspecified atom stereocenters. The Kier molecular flexibility index (Phi) is 4.69. The van der Waals surface area contributed by atoms with Crippen molar-refractivity contribution in [2.45, 2.75) is 0 Å². The lowest BCUT2D eigenvalue weighted by atomic mass is 10.2. The van der Waals surface area contributed by atoms with Crippen LogP contribution in [0.4, 0.5) is 4.39 Å². The van der Waals surface area contributed by atoms with Crippen molar-refractivity contribution in [2.75, 3.05) is 20.3 Å². The zero-order chi connectivity index (χ0) is 15.2. The molecule has 0 aliphatic rings. The van der Waals surface area contributed by atoms with Gasteiger partial charge in [-0.3, -0.25) is 4.79 Å². The SMILES string of the molecule is COCCNC(=O)c1c(C#N)ccn1-c1cccc(F)c1. The van der Waals surface area contributed by atoms with Crippen molar-refractivity contribution in [1.82, 2.24) is 9.88 Å². The smallest absolute Gasteiger partial charge is 0.269 e. The summed E-state index contributed by atoms with van der Waals surface area (Å²) in [6.45, 7) is 0.697. The molecule has 108 valence electrons. The van der Waals surface area contributed by atoms with Crippen LogP contribution in [0.25, 0.3) is 5.69 Å². The molecule has 1 N–H and O–H groups in total. The Morgan fingerprint density at radius 3 is 2.95 bits per heavy atom. The molecule has 1 aromatic carbocycles. The Labute approximate surface area is 121 Å². The van der Waals surface area contributed by atoms with Crippen LogP contribution in [0, 0.1) is 17.1 Å². The van der Waals surface area contributed by atoms with Crippen molar-refractivity contribution in [3.8, 4) is 11.8 Å². The summed E-state index contributed by atoms with van der Waals surface area (Å²) in [4.78, 5) is 12.2. The van der Waals surface area contributed by atoms with Gasteiger partial charge in [-0.25, -0.2) is 4.39 Å². The van der Waals surface area contributed by atoms with Crippen LogP contribution in [0.1, 0.15) is 16.1 Å². The third kappa shape index (κ3) is 3.27. The Morgan fingerprint density at radius 2 is 2.29 bits per heavy atom. The molecule has 1 aromatic heterocycles. The van der Waals surface area contributed by atoms with E-state index in [-0.39, 0.29) is 11.3 Å². The van der Waals surface area contributed by atoms with Gasteiger partial charge in [-0.05, 0) is 24.3 Å². The molecule has 0 spiro atoms. The second-order valence-corrected chi connectivity index (χ2v) is 4.29. The molecule has 1 amide bonds. The number of hydrogen-bond donors (Lipinski definition) is 1. The predicted octanol–water partition coefficient (Wildman–Crippen LogP) is 1.86. The quantitative estimate of drug-likeness (QED) is 0.854. The summed E-state index contributed by atoms with van der Waals surface area (Å²) >= 11 is 0. The number of hydrogen-bond acceptors (Lipinski definition) is 3. The first-order chi connectivity index (χ1) is 10.2. The number of carbonyl (C=O) groups is 1. The highest BCUT2D eigenvalue weighted by atomic mass is 19.1. The zero-order valence-corrected chi connectivity index (χ0v) is 11.5. The van der Waals surface area contributed by atoms with Crippen molar-refractivity contribution >= 4 is 5.91 Å². The molecule has 0 radical (unpaired) electrons. The summed E-state index contributed by atoms with van der Waals surface area (Å²) in [5, 5.41) is 11.8. The highest BCUT2D eigenvalue weighted by Crippen LogP contribution is 2.17. The topological polar surface area (TPSA) is 67.0 Å². The van der Waals surface area contributed by atoms with E-state index in [1.54, 1.807) is 18.3 Å². The maximum atomic E-state index is 13.3. The van der Waals surface area contributed by atoms with Crippen molar-refractivity contribution < 1.29 is 13.9 Å².